The minimum Gasteiger partial charge on any atom is -0.335 e. The lowest BCUT2D eigenvalue weighted by atomic mass is 9.93. The van der Waals surface area contributed by atoms with Gasteiger partial charge in [0.05, 0.1) is 0 Å². The van der Waals surface area contributed by atoms with Gasteiger partial charge in [-0.05, 0) is 65.5 Å². The summed E-state index contributed by atoms with van der Waals surface area (Å²) >= 11 is 0. The summed E-state index contributed by atoms with van der Waals surface area (Å²) in [7, 11) is 0. The summed E-state index contributed by atoms with van der Waals surface area (Å²) in [5, 5.41) is 3.46. The average molecular weight is 368 g/mol. The van der Waals surface area contributed by atoms with E-state index in [0.29, 0.717) is 18.0 Å². The van der Waals surface area contributed by atoms with Crippen molar-refractivity contribution in [3.8, 4) is 0 Å². The molecule has 1 saturated carbocycles. The third kappa shape index (κ3) is 4.57. The number of aromatic nitrogens is 3. The lowest BCUT2D eigenvalue weighted by Gasteiger charge is -2.37. The van der Waals surface area contributed by atoms with Crippen molar-refractivity contribution in [2.24, 2.45) is 0 Å². The normalized spacial score (nSPS) is 15.2. The number of anilines is 3. The van der Waals surface area contributed by atoms with Crippen LogP contribution >= 0.6 is 0 Å². The smallest absolute Gasteiger partial charge is 0.232 e. The molecule has 1 aliphatic rings. The molecule has 3 rings (SSSR count). The molecular weight excluding hydrogens is 334 g/mol. The molecule has 0 amide bonds. The van der Waals surface area contributed by atoms with Gasteiger partial charge in [-0.15, -0.1) is 0 Å². The number of hydrogen-bond donors (Lipinski definition) is 1. The average Bonchev–Trinajstić information content (AvgIpc) is 2.58. The quantitative estimate of drug-likeness (QED) is 0.767. The van der Waals surface area contributed by atoms with Crippen LogP contribution in [0.1, 0.15) is 68.5 Å². The SMILES string of the molecule is Cc1cc(C)c(Nc2nc(C)nc(N(C(C)C)C3CCCCC3)n2)c(C)c1. The largest absolute Gasteiger partial charge is 0.335 e. The molecule has 5 heteroatoms. The van der Waals surface area contributed by atoms with Gasteiger partial charge < -0.3 is 10.2 Å². The number of nitrogens with zero attached hydrogens (tertiary/aromatic N) is 4. The highest BCUT2D eigenvalue weighted by Gasteiger charge is 2.26. The Labute approximate surface area is 163 Å². The Balaban J connectivity index is 1.94. The van der Waals surface area contributed by atoms with Crippen molar-refractivity contribution in [2.45, 2.75) is 85.7 Å². The predicted octanol–water partition coefficient (Wildman–Crippen LogP) is 5.40. The maximum atomic E-state index is 4.82. The van der Waals surface area contributed by atoms with Crippen molar-refractivity contribution in [1.29, 1.82) is 0 Å². The first-order valence-electron chi connectivity index (χ1n) is 10.2. The van der Waals surface area contributed by atoms with Crippen LogP contribution in [0, 0.1) is 27.7 Å². The molecule has 1 heterocycles. The van der Waals surface area contributed by atoms with E-state index >= 15 is 0 Å². The van der Waals surface area contributed by atoms with E-state index in [9.17, 15) is 0 Å². The lowest BCUT2D eigenvalue weighted by molar-refractivity contribution is 0.393. The highest BCUT2D eigenvalue weighted by molar-refractivity contribution is 5.64. The third-order valence-corrected chi connectivity index (χ3v) is 5.40. The van der Waals surface area contributed by atoms with E-state index < -0.39 is 0 Å². The molecule has 1 fully saturated rings. The molecule has 0 saturated heterocycles. The molecule has 1 aromatic carbocycles. The fourth-order valence-corrected chi connectivity index (χ4v) is 4.30. The van der Waals surface area contributed by atoms with Crippen LogP contribution in [0.4, 0.5) is 17.6 Å². The van der Waals surface area contributed by atoms with Crippen LogP contribution in [0.2, 0.25) is 0 Å². The van der Waals surface area contributed by atoms with Gasteiger partial charge in [0.2, 0.25) is 11.9 Å². The molecule has 0 spiro atoms. The van der Waals surface area contributed by atoms with Crippen LogP contribution < -0.4 is 10.2 Å². The molecule has 0 aliphatic heterocycles. The molecule has 0 bridgehead atoms. The van der Waals surface area contributed by atoms with Gasteiger partial charge in [-0.1, -0.05) is 37.0 Å². The first-order valence-corrected chi connectivity index (χ1v) is 10.2. The van der Waals surface area contributed by atoms with E-state index in [0.717, 1.165) is 17.5 Å². The molecule has 1 N–H and O–H groups in total. The van der Waals surface area contributed by atoms with E-state index in [1.165, 1.54) is 48.8 Å². The second-order valence-electron chi connectivity index (χ2n) is 8.20. The maximum absolute atomic E-state index is 4.82. The number of nitrogens with one attached hydrogen (secondary N) is 1. The fourth-order valence-electron chi connectivity index (χ4n) is 4.30. The Morgan fingerprint density at radius 3 is 2.15 bits per heavy atom. The molecule has 27 heavy (non-hydrogen) atoms. The van der Waals surface area contributed by atoms with Crippen LogP contribution in [0.3, 0.4) is 0 Å². The highest BCUT2D eigenvalue weighted by atomic mass is 15.3. The summed E-state index contributed by atoms with van der Waals surface area (Å²) in [5.41, 5.74) is 4.78. The van der Waals surface area contributed by atoms with Crippen LogP contribution in [0.25, 0.3) is 0 Å². The number of aryl methyl sites for hydroxylation is 4. The molecule has 0 unspecified atom stereocenters. The van der Waals surface area contributed by atoms with Crippen LogP contribution in [-0.4, -0.2) is 27.0 Å². The monoisotopic (exact) mass is 367 g/mol. The molecule has 1 aliphatic carbocycles. The molecular formula is C22H33N5. The summed E-state index contributed by atoms with van der Waals surface area (Å²) in [6.45, 7) is 12.8. The number of rotatable bonds is 5. The van der Waals surface area contributed by atoms with Gasteiger partial charge in [0.1, 0.15) is 5.82 Å². The minimum absolute atomic E-state index is 0.366. The van der Waals surface area contributed by atoms with E-state index in [2.05, 4.69) is 62.0 Å². The topological polar surface area (TPSA) is 53.9 Å². The Morgan fingerprint density at radius 2 is 1.56 bits per heavy atom. The zero-order valence-electron chi connectivity index (χ0n) is 17.6. The first kappa shape index (κ1) is 19.6. The predicted molar refractivity (Wildman–Crippen MR) is 113 cm³/mol. The van der Waals surface area contributed by atoms with Crippen LogP contribution in [0.15, 0.2) is 12.1 Å². The summed E-state index contributed by atoms with van der Waals surface area (Å²) < 4.78 is 0. The Bertz CT molecular complexity index is 770. The van der Waals surface area contributed by atoms with E-state index in [1.54, 1.807) is 0 Å². The van der Waals surface area contributed by atoms with Gasteiger partial charge in [-0.2, -0.15) is 15.0 Å². The molecule has 2 aromatic rings. The van der Waals surface area contributed by atoms with Gasteiger partial charge in [0.15, 0.2) is 0 Å². The highest BCUT2D eigenvalue weighted by Crippen LogP contribution is 2.29. The van der Waals surface area contributed by atoms with Crippen molar-refractivity contribution in [1.82, 2.24) is 15.0 Å². The van der Waals surface area contributed by atoms with Crippen molar-refractivity contribution in [3.05, 3.63) is 34.6 Å². The molecule has 0 radical (unpaired) electrons. The Morgan fingerprint density at radius 1 is 0.926 bits per heavy atom. The second kappa shape index (κ2) is 8.24. The minimum atomic E-state index is 0.366. The second-order valence-corrected chi connectivity index (χ2v) is 8.20. The van der Waals surface area contributed by atoms with Crippen molar-refractivity contribution < 1.29 is 0 Å². The standard InChI is InChI=1S/C22H33N5/c1-14(2)27(19-10-8-7-9-11-19)22-24-18(6)23-21(26-22)25-20-16(4)12-15(3)13-17(20)5/h12-14,19H,7-11H2,1-6H3,(H,23,24,25,26). The molecule has 0 atom stereocenters. The molecule has 5 nitrogen and oxygen atoms in total. The zero-order valence-corrected chi connectivity index (χ0v) is 17.6. The van der Waals surface area contributed by atoms with E-state index in [-0.39, 0.29) is 0 Å². The van der Waals surface area contributed by atoms with E-state index in [4.69, 9.17) is 9.97 Å². The van der Waals surface area contributed by atoms with Gasteiger partial charge in [0, 0.05) is 17.8 Å². The molecule has 1 aromatic heterocycles. The lowest BCUT2D eigenvalue weighted by Crippen LogP contribution is -2.43. The summed E-state index contributed by atoms with van der Waals surface area (Å²) in [6.07, 6.45) is 6.39. The van der Waals surface area contributed by atoms with Crippen molar-refractivity contribution >= 4 is 17.6 Å². The number of benzene rings is 1. The van der Waals surface area contributed by atoms with Crippen molar-refractivity contribution in [3.63, 3.8) is 0 Å². The van der Waals surface area contributed by atoms with Gasteiger partial charge in [-0.3, -0.25) is 0 Å². The Kier molecular flexibility index (Phi) is 5.98. The maximum Gasteiger partial charge on any atom is 0.232 e. The summed E-state index contributed by atoms with van der Waals surface area (Å²) in [4.78, 5) is 16.5. The van der Waals surface area contributed by atoms with Gasteiger partial charge >= 0.3 is 0 Å². The van der Waals surface area contributed by atoms with Crippen molar-refractivity contribution in [2.75, 3.05) is 10.2 Å². The van der Waals surface area contributed by atoms with Gasteiger partial charge in [-0.25, -0.2) is 0 Å². The zero-order chi connectivity index (χ0) is 19.6. The Hall–Kier alpha value is -2.17. The van der Waals surface area contributed by atoms with Gasteiger partial charge in [0.25, 0.3) is 0 Å². The third-order valence-electron chi connectivity index (χ3n) is 5.40. The summed E-state index contributed by atoms with van der Waals surface area (Å²) in [6, 6.07) is 5.27. The number of hydrogen-bond acceptors (Lipinski definition) is 5. The molecule has 146 valence electrons. The fraction of sp³-hybridized carbons (Fsp3) is 0.591. The van der Waals surface area contributed by atoms with E-state index in [1.807, 2.05) is 6.92 Å². The first-order chi connectivity index (χ1) is 12.8. The van der Waals surface area contributed by atoms with Crippen LogP contribution in [-0.2, 0) is 0 Å². The van der Waals surface area contributed by atoms with Crippen LogP contribution in [0.5, 0.6) is 0 Å². The summed E-state index contributed by atoms with van der Waals surface area (Å²) in [5.74, 6) is 2.19.